The summed E-state index contributed by atoms with van der Waals surface area (Å²) in [7, 11) is 0. The van der Waals surface area contributed by atoms with E-state index in [-0.39, 0.29) is 16.5 Å². The van der Waals surface area contributed by atoms with E-state index >= 15 is 0 Å². The van der Waals surface area contributed by atoms with Crippen molar-refractivity contribution in [2.45, 2.75) is 33.2 Å². The lowest BCUT2D eigenvalue weighted by molar-refractivity contribution is -0.384. The van der Waals surface area contributed by atoms with Crippen LogP contribution in [0.3, 0.4) is 0 Å². The van der Waals surface area contributed by atoms with E-state index in [9.17, 15) is 14.9 Å². The second kappa shape index (κ2) is 5.38. The van der Waals surface area contributed by atoms with Crippen molar-refractivity contribution in [2.75, 3.05) is 18.0 Å². The van der Waals surface area contributed by atoms with Crippen LogP contribution in [0.2, 0.25) is 0 Å². The quantitative estimate of drug-likeness (QED) is 0.469. The van der Waals surface area contributed by atoms with Crippen LogP contribution in [-0.4, -0.2) is 34.1 Å². The average molecular weight is 266 g/mol. The van der Waals surface area contributed by atoms with Crippen molar-refractivity contribution < 1.29 is 9.72 Å². The molecule has 19 heavy (non-hydrogen) atoms. The van der Waals surface area contributed by atoms with Gasteiger partial charge in [-0.3, -0.25) is 10.1 Å². The standard InChI is InChI=1S/C12H18N4O3/c1-3-15-12(11(16(18)19)9(2)13-15)14-6-4-5-10(7-14)8-17/h8,10H,3-7H2,1-2H3. The molecule has 0 amide bonds. The molecule has 0 N–H and O–H groups in total. The minimum Gasteiger partial charge on any atom is -0.350 e. The van der Waals surface area contributed by atoms with Crippen LogP contribution >= 0.6 is 0 Å². The van der Waals surface area contributed by atoms with Gasteiger partial charge in [0, 0.05) is 25.6 Å². The highest BCUT2D eigenvalue weighted by molar-refractivity contribution is 5.63. The van der Waals surface area contributed by atoms with Crippen LogP contribution in [0.5, 0.6) is 0 Å². The van der Waals surface area contributed by atoms with Gasteiger partial charge in [-0.1, -0.05) is 0 Å². The van der Waals surface area contributed by atoms with E-state index in [4.69, 9.17) is 0 Å². The van der Waals surface area contributed by atoms with Gasteiger partial charge in [0.05, 0.1) is 4.92 Å². The summed E-state index contributed by atoms with van der Waals surface area (Å²) in [5.41, 5.74) is 0.489. The number of aromatic nitrogens is 2. The lowest BCUT2D eigenvalue weighted by Gasteiger charge is -2.31. The van der Waals surface area contributed by atoms with Crippen molar-refractivity contribution in [3.05, 3.63) is 15.8 Å². The minimum atomic E-state index is -0.381. The van der Waals surface area contributed by atoms with E-state index in [0.29, 0.717) is 24.6 Å². The van der Waals surface area contributed by atoms with Gasteiger partial charge < -0.3 is 9.69 Å². The molecular formula is C12H18N4O3. The third-order valence-electron chi connectivity index (χ3n) is 3.50. The number of nitro groups is 1. The minimum absolute atomic E-state index is 0.0473. The normalized spacial score (nSPS) is 19.5. The largest absolute Gasteiger partial charge is 0.350 e. The molecule has 1 aliphatic rings. The molecule has 1 aromatic heterocycles. The van der Waals surface area contributed by atoms with Crippen molar-refractivity contribution >= 4 is 17.8 Å². The van der Waals surface area contributed by atoms with Gasteiger partial charge in [0.2, 0.25) is 5.82 Å². The van der Waals surface area contributed by atoms with Gasteiger partial charge in [-0.2, -0.15) is 5.10 Å². The molecule has 0 aromatic carbocycles. The van der Waals surface area contributed by atoms with E-state index in [0.717, 1.165) is 25.7 Å². The molecule has 1 fully saturated rings. The molecule has 0 aliphatic carbocycles. The summed E-state index contributed by atoms with van der Waals surface area (Å²) in [6.07, 6.45) is 2.67. The number of rotatable bonds is 4. The van der Waals surface area contributed by atoms with Crippen molar-refractivity contribution in [3.8, 4) is 0 Å². The smallest absolute Gasteiger partial charge is 0.333 e. The second-order valence-corrected chi connectivity index (χ2v) is 4.81. The number of carbonyl (C=O) groups is 1. The average Bonchev–Trinajstić information content (AvgIpc) is 2.75. The van der Waals surface area contributed by atoms with Crippen LogP contribution in [-0.2, 0) is 11.3 Å². The summed E-state index contributed by atoms with van der Waals surface area (Å²) in [6, 6.07) is 0. The highest BCUT2D eigenvalue weighted by Crippen LogP contribution is 2.33. The van der Waals surface area contributed by atoms with Crippen molar-refractivity contribution in [3.63, 3.8) is 0 Å². The molecular weight excluding hydrogens is 248 g/mol. The lowest BCUT2D eigenvalue weighted by atomic mass is 10.00. The highest BCUT2D eigenvalue weighted by atomic mass is 16.6. The molecule has 1 atom stereocenters. The van der Waals surface area contributed by atoms with Crippen LogP contribution in [0.25, 0.3) is 0 Å². The molecule has 1 saturated heterocycles. The highest BCUT2D eigenvalue weighted by Gasteiger charge is 2.31. The summed E-state index contributed by atoms with van der Waals surface area (Å²) in [4.78, 5) is 23.7. The molecule has 1 aromatic rings. The Kier molecular flexibility index (Phi) is 3.82. The number of aldehydes is 1. The number of piperidine rings is 1. The van der Waals surface area contributed by atoms with Crippen molar-refractivity contribution in [2.24, 2.45) is 5.92 Å². The first-order valence-electron chi connectivity index (χ1n) is 6.50. The van der Waals surface area contributed by atoms with Crippen LogP contribution in [0.15, 0.2) is 0 Å². The molecule has 0 bridgehead atoms. The fourth-order valence-electron chi connectivity index (χ4n) is 2.62. The van der Waals surface area contributed by atoms with E-state index in [1.54, 1.807) is 11.6 Å². The monoisotopic (exact) mass is 266 g/mol. The van der Waals surface area contributed by atoms with Gasteiger partial charge in [0.15, 0.2) is 0 Å². The SMILES string of the molecule is CCn1nc(C)c([N+](=O)[O-])c1N1CCCC(C=O)C1. The van der Waals surface area contributed by atoms with Crippen LogP contribution in [0.1, 0.15) is 25.5 Å². The van der Waals surface area contributed by atoms with Gasteiger partial charge in [-0.25, -0.2) is 4.68 Å². The maximum atomic E-state index is 11.2. The zero-order valence-corrected chi connectivity index (χ0v) is 11.2. The van der Waals surface area contributed by atoms with Crippen LogP contribution in [0.4, 0.5) is 11.5 Å². The Labute approximate surface area is 111 Å². The summed E-state index contributed by atoms with van der Waals surface area (Å²) in [6.45, 7) is 5.40. The lowest BCUT2D eigenvalue weighted by Crippen LogP contribution is -2.37. The molecule has 2 rings (SSSR count). The maximum absolute atomic E-state index is 11.2. The van der Waals surface area contributed by atoms with E-state index in [1.165, 1.54) is 0 Å². The van der Waals surface area contributed by atoms with E-state index < -0.39 is 0 Å². The van der Waals surface area contributed by atoms with Gasteiger partial charge >= 0.3 is 5.69 Å². The van der Waals surface area contributed by atoms with E-state index in [1.807, 2.05) is 11.8 Å². The zero-order valence-electron chi connectivity index (χ0n) is 11.2. The zero-order chi connectivity index (χ0) is 14.0. The molecule has 104 valence electrons. The first-order chi connectivity index (χ1) is 9.08. The summed E-state index contributed by atoms with van der Waals surface area (Å²) in [5.74, 6) is 0.491. The first-order valence-corrected chi connectivity index (χ1v) is 6.50. The molecule has 0 saturated carbocycles. The number of aryl methyl sites for hydroxylation is 2. The Morgan fingerprint density at radius 1 is 1.58 bits per heavy atom. The summed E-state index contributed by atoms with van der Waals surface area (Å²) >= 11 is 0. The Morgan fingerprint density at radius 2 is 2.32 bits per heavy atom. The van der Waals surface area contributed by atoms with Gasteiger partial charge in [-0.15, -0.1) is 0 Å². The molecule has 1 unspecified atom stereocenters. The second-order valence-electron chi connectivity index (χ2n) is 4.81. The van der Waals surface area contributed by atoms with Crippen LogP contribution < -0.4 is 4.90 Å². The number of carbonyl (C=O) groups excluding carboxylic acids is 1. The Morgan fingerprint density at radius 3 is 2.89 bits per heavy atom. The third-order valence-corrected chi connectivity index (χ3v) is 3.50. The van der Waals surface area contributed by atoms with Crippen molar-refractivity contribution in [1.82, 2.24) is 9.78 Å². The summed E-state index contributed by atoms with van der Waals surface area (Å²) < 4.78 is 1.65. The fourth-order valence-corrected chi connectivity index (χ4v) is 2.62. The van der Waals surface area contributed by atoms with Crippen LogP contribution in [0, 0.1) is 23.0 Å². The molecule has 7 heteroatoms. The predicted molar refractivity (Wildman–Crippen MR) is 70.3 cm³/mol. The fraction of sp³-hybridized carbons (Fsp3) is 0.667. The molecule has 1 aliphatic heterocycles. The number of anilines is 1. The third kappa shape index (κ3) is 2.45. The Balaban J connectivity index is 2.42. The Hall–Kier alpha value is -1.92. The topological polar surface area (TPSA) is 81.3 Å². The Bertz CT molecular complexity index is 497. The number of nitrogens with zero attached hydrogens (tertiary/aromatic N) is 4. The predicted octanol–water partition coefficient (Wildman–Crippen LogP) is 1.53. The maximum Gasteiger partial charge on any atom is 0.333 e. The van der Waals surface area contributed by atoms with Gasteiger partial charge in [0.1, 0.15) is 12.0 Å². The molecule has 0 radical (unpaired) electrons. The van der Waals surface area contributed by atoms with Gasteiger partial charge in [0.25, 0.3) is 0 Å². The number of hydrogen-bond acceptors (Lipinski definition) is 5. The first kappa shape index (κ1) is 13.5. The summed E-state index contributed by atoms with van der Waals surface area (Å²) in [5, 5.41) is 15.4. The number of hydrogen-bond donors (Lipinski definition) is 0. The molecule has 0 spiro atoms. The van der Waals surface area contributed by atoms with Gasteiger partial charge in [-0.05, 0) is 26.7 Å². The molecule has 7 nitrogen and oxygen atoms in total. The molecule has 2 heterocycles. The van der Waals surface area contributed by atoms with Crippen molar-refractivity contribution in [1.29, 1.82) is 0 Å². The van der Waals surface area contributed by atoms with E-state index in [2.05, 4.69) is 5.10 Å².